The number of rotatable bonds is 3. The van der Waals surface area contributed by atoms with Crippen LogP contribution in [0.2, 0.25) is 0 Å². The molecule has 1 aliphatic heterocycles. The van der Waals surface area contributed by atoms with Crippen molar-refractivity contribution in [3.05, 3.63) is 66.2 Å². The topological polar surface area (TPSA) is 76.3 Å². The van der Waals surface area contributed by atoms with Crippen molar-refractivity contribution in [2.45, 2.75) is 25.3 Å². The molecule has 5 heteroatoms. The smallest absolute Gasteiger partial charge is 0.255 e. The summed E-state index contributed by atoms with van der Waals surface area (Å²) in [7, 11) is 0. The van der Waals surface area contributed by atoms with Gasteiger partial charge in [0.1, 0.15) is 6.04 Å². The second-order valence-corrected chi connectivity index (χ2v) is 6.85. The molecule has 0 bridgehead atoms. The number of nitrogens with two attached hydrogens (primary N) is 1. The largest absolute Gasteiger partial charge is 0.368 e. The molecule has 0 saturated carbocycles. The summed E-state index contributed by atoms with van der Waals surface area (Å²) in [4.78, 5) is 31.6. The normalized spacial score (nSPS) is 17.0. The summed E-state index contributed by atoms with van der Waals surface area (Å²) in [6.45, 7) is 0.545. The summed E-state index contributed by atoms with van der Waals surface area (Å²) < 4.78 is 0. The van der Waals surface area contributed by atoms with Gasteiger partial charge in [-0.2, -0.15) is 0 Å². The van der Waals surface area contributed by atoms with Crippen LogP contribution in [-0.4, -0.2) is 34.3 Å². The lowest BCUT2D eigenvalue weighted by atomic mass is 9.98. The molecule has 0 spiro atoms. The third kappa shape index (κ3) is 3.28. The van der Waals surface area contributed by atoms with Crippen molar-refractivity contribution in [3.63, 3.8) is 0 Å². The molecule has 2 N–H and O–H groups in total. The molecule has 0 aliphatic carbocycles. The van der Waals surface area contributed by atoms with Gasteiger partial charge in [0.15, 0.2) is 0 Å². The highest BCUT2D eigenvalue weighted by Gasteiger charge is 2.32. The molecule has 3 aromatic rings. The van der Waals surface area contributed by atoms with E-state index in [0.717, 1.165) is 35.0 Å². The molecule has 136 valence electrons. The van der Waals surface area contributed by atoms with Gasteiger partial charge in [-0.1, -0.05) is 48.5 Å². The molecule has 1 saturated heterocycles. The van der Waals surface area contributed by atoms with E-state index in [9.17, 15) is 9.59 Å². The number of primary amides is 1. The van der Waals surface area contributed by atoms with Gasteiger partial charge in [0.2, 0.25) is 5.91 Å². The van der Waals surface area contributed by atoms with Crippen LogP contribution in [0.25, 0.3) is 22.2 Å². The lowest BCUT2D eigenvalue weighted by Gasteiger charge is -2.34. The van der Waals surface area contributed by atoms with Crippen LogP contribution < -0.4 is 5.73 Å². The molecular weight excluding hydrogens is 338 g/mol. The van der Waals surface area contributed by atoms with Crippen LogP contribution in [0.15, 0.2) is 60.7 Å². The third-order valence-corrected chi connectivity index (χ3v) is 5.11. The van der Waals surface area contributed by atoms with Gasteiger partial charge in [-0.05, 0) is 31.4 Å². The molecule has 2 heterocycles. The van der Waals surface area contributed by atoms with Crippen molar-refractivity contribution in [1.29, 1.82) is 0 Å². The zero-order valence-electron chi connectivity index (χ0n) is 15.0. The van der Waals surface area contributed by atoms with Crippen molar-refractivity contribution < 1.29 is 9.59 Å². The number of hydrogen-bond acceptors (Lipinski definition) is 3. The van der Waals surface area contributed by atoms with E-state index in [1.54, 1.807) is 4.90 Å². The minimum absolute atomic E-state index is 0.158. The lowest BCUT2D eigenvalue weighted by molar-refractivity contribution is -0.123. The van der Waals surface area contributed by atoms with Gasteiger partial charge in [-0.25, -0.2) is 4.98 Å². The lowest BCUT2D eigenvalue weighted by Crippen LogP contribution is -2.50. The number of pyridine rings is 1. The summed E-state index contributed by atoms with van der Waals surface area (Å²) in [6.07, 6.45) is 2.41. The van der Waals surface area contributed by atoms with Crippen LogP contribution in [0.5, 0.6) is 0 Å². The predicted octanol–water partition coefficient (Wildman–Crippen LogP) is 3.38. The fourth-order valence-electron chi connectivity index (χ4n) is 3.73. The van der Waals surface area contributed by atoms with Gasteiger partial charge >= 0.3 is 0 Å². The average Bonchev–Trinajstić information content (AvgIpc) is 2.73. The predicted molar refractivity (Wildman–Crippen MR) is 105 cm³/mol. The number of likely N-dealkylation sites (tertiary alicyclic amines) is 1. The first-order chi connectivity index (χ1) is 13.1. The average molecular weight is 359 g/mol. The summed E-state index contributed by atoms with van der Waals surface area (Å²) in [5.41, 5.74) is 8.57. The Morgan fingerprint density at radius 2 is 1.74 bits per heavy atom. The van der Waals surface area contributed by atoms with Gasteiger partial charge in [0.25, 0.3) is 5.91 Å². The number of fused-ring (bicyclic) bond motifs is 1. The van der Waals surface area contributed by atoms with Gasteiger partial charge in [0, 0.05) is 17.5 Å². The molecular formula is C22H21N3O2. The highest BCUT2D eigenvalue weighted by atomic mass is 16.2. The Morgan fingerprint density at radius 3 is 2.52 bits per heavy atom. The standard InChI is InChI=1S/C22H21N3O2/c23-21(26)20-12-6-7-13-25(20)22(27)17-14-19(15-8-2-1-3-9-15)24-18-11-5-4-10-16(17)18/h1-5,8-11,14,20H,6-7,12-13H2,(H2,23,26). The third-order valence-electron chi connectivity index (χ3n) is 5.11. The number of nitrogens with zero attached hydrogens (tertiary/aromatic N) is 2. The van der Waals surface area contributed by atoms with E-state index in [-0.39, 0.29) is 5.91 Å². The Hall–Kier alpha value is -3.21. The first-order valence-corrected chi connectivity index (χ1v) is 9.20. The minimum atomic E-state index is -0.543. The van der Waals surface area contributed by atoms with Gasteiger partial charge in [-0.3, -0.25) is 9.59 Å². The molecule has 1 aliphatic rings. The van der Waals surface area contributed by atoms with Crippen molar-refractivity contribution in [2.24, 2.45) is 5.73 Å². The first-order valence-electron chi connectivity index (χ1n) is 9.20. The van der Waals surface area contributed by atoms with Crippen molar-refractivity contribution in [1.82, 2.24) is 9.88 Å². The number of carbonyl (C=O) groups excluding carboxylic acids is 2. The zero-order valence-corrected chi connectivity index (χ0v) is 15.0. The molecule has 1 aromatic heterocycles. The molecule has 27 heavy (non-hydrogen) atoms. The molecule has 1 unspecified atom stereocenters. The summed E-state index contributed by atoms with van der Waals surface area (Å²) >= 11 is 0. The van der Waals surface area contributed by atoms with Crippen LogP contribution in [0.3, 0.4) is 0 Å². The maximum Gasteiger partial charge on any atom is 0.255 e. The molecule has 4 rings (SSSR count). The number of hydrogen-bond donors (Lipinski definition) is 1. The Labute approximate surface area is 157 Å². The van der Waals surface area contributed by atoms with E-state index >= 15 is 0 Å². The number of piperidine rings is 1. The Balaban J connectivity index is 1.84. The Morgan fingerprint density at radius 1 is 1.00 bits per heavy atom. The Bertz CT molecular complexity index is 1000. The molecule has 2 aromatic carbocycles. The highest BCUT2D eigenvalue weighted by Crippen LogP contribution is 2.28. The van der Waals surface area contributed by atoms with Gasteiger partial charge in [0.05, 0.1) is 16.8 Å². The van der Waals surface area contributed by atoms with E-state index in [4.69, 9.17) is 10.7 Å². The van der Waals surface area contributed by atoms with E-state index in [1.807, 2.05) is 60.7 Å². The van der Waals surface area contributed by atoms with Crippen LogP contribution in [0, 0.1) is 0 Å². The number of para-hydroxylation sites is 1. The maximum atomic E-state index is 13.4. The van der Waals surface area contributed by atoms with Crippen LogP contribution in [0.1, 0.15) is 29.6 Å². The van der Waals surface area contributed by atoms with Crippen LogP contribution >= 0.6 is 0 Å². The van der Waals surface area contributed by atoms with Crippen molar-refractivity contribution in [2.75, 3.05) is 6.54 Å². The van der Waals surface area contributed by atoms with E-state index in [1.165, 1.54) is 0 Å². The molecule has 2 amide bonds. The summed E-state index contributed by atoms with van der Waals surface area (Å²) in [5.74, 6) is -0.598. The van der Waals surface area contributed by atoms with Gasteiger partial charge < -0.3 is 10.6 Å². The molecule has 0 radical (unpaired) electrons. The van der Waals surface area contributed by atoms with E-state index < -0.39 is 11.9 Å². The van der Waals surface area contributed by atoms with Crippen LogP contribution in [-0.2, 0) is 4.79 Å². The second-order valence-electron chi connectivity index (χ2n) is 6.85. The number of aromatic nitrogens is 1. The quantitative estimate of drug-likeness (QED) is 0.779. The van der Waals surface area contributed by atoms with E-state index in [0.29, 0.717) is 18.5 Å². The van der Waals surface area contributed by atoms with Crippen molar-refractivity contribution >= 4 is 22.7 Å². The summed E-state index contributed by atoms with van der Waals surface area (Å²) in [5, 5.41) is 0.788. The summed E-state index contributed by atoms with van der Waals surface area (Å²) in [6, 6.07) is 18.7. The molecule has 5 nitrogen and oxygen atoms in total. The van der Waals surface area contributed by atoms with Crippen molar-refractivity contribution in [3.8, 4) is 11.3 Å². The SMILES string of the molecule is NC(=O)C1CCCCN1C(=O)c1cc(-c2ccccc2)nc2ccccc12. The van der Waals surface area contributed by atoms with E-state index in [2.05, 4.69) is 0 Å². The number of benzene rings is 2. The number of carbonyl (C=O) groups is 2. The first kappa shape index (κ1) is 17.2. The molecule has 1 fully saturated rings. The fourth-order valence-corrected chi connectivity index (χ4v) is 3.73. The second kappa shape index (κ2) is 7.19. The van der Waals surface area contributed by atoms with Gasteiger partial charge in [-0.15, -0.1) is 0 Å². The van der Waals surface area contributed by atoms with Crippen LogP contribution in [0.4, 0.5) is 0 Å². The number of amides is 2. The molecule has 1 atom stereocenters. The minimum Gasteiger partial charge on any atom is -0.368 e. The Kier molecular flexibility index (Phi) is 4.59. The monoisotopic (exact) mass is 359 g/mol. The fraction of sp³-hybridized carbons (Fsp3) is 0.227. The zero-order chi connectivity index (χ0) is 18.8. The highest BCUT2D eigenvalue weighted by molar-refractivity contribution is 6.08. The maximum absolute atomic E-state index is 13.4.